The van der Waals surface area contributed by atoms with Gasteiger partial charge in [0.25, 0.3) is 0 Å². The molecule has 4 heteroatoms. The van der Waals surface area contributed by atoms with Gasteiger partial charge >= 0.3 is 6.18 Å². The summed E-state index contributed by atoms with van der Waals surface area (Å²) >= 11 is 3.27. The molecule has 0 aromatic heterocycles. The van der Waals surface area contributed by atoms with Gasteiger partial charge in [-0.15, -0.1) is 0 Å². The minimum Gasteiger partial charge on any atom is -0.166 e. The zero-order chi connectivity index (χ0) is 11.1. The van der Waals surface area contributed by atoms with Crippen molar-refractivity contribution >= 4 is 15.9 Å². The predicted molar refractivity (Wildman–Crippen MR) is 54.4 cm³/mol. The van der Waals surface area contributed by atoms with E-state index in [9.17, 15) is 13.2 Å². The molecule has 0 fully saturated rings. The van der Waals surface area contributed by atoms with Gasteiger partial charge in [-0.2, -0.15) is 13.2 Å². The van der Waals surface area contributed by atoms with Crippen LogP contribution in [-0.2, 0) is 0 Å². The van der Waals surface area contributed by atoms with Crippen LogP contribution in [0.4, 0.5) is 13.2 Å². The molecule has 0 saturated heterocycles. The zero-order valence-corrected chi connectivity index (χ0v) is 9.83. The Bertz CT molecular complexity index is 297. The van der Waals surface area contributed by atoms with Gasteiger partial charge < -0.3 is 0 Å². The summed E-state index contributed by atoms with van der Waals surface area (Å²) in [5, 5.41) is 0. The zero-order valence-electron chi connectivity index (χ0n) is 8.24. The van der Waals surface area contributed by atoms with Crippen LogP contribution in [0.25, 0.3) is 0 Å². The summed E-state index contributed by atoms with van der Waals surface area (Å²) in [7, 11) is 0. The van der Waals surface area contributed by atoms with Gasteiger partial charge in [0.15, 0.2) is 0 Å². The molecular weight excluding hydrogens is 257 g/mol. The van der Waals surface area contributed by atoms with E-state index in [1.165, 1.54) is 12.2 Å². The molecule has 0 nitrogen and oxygen atoms in total. The van der Waals surface area contributed by atoms with Crippen LogP contribution in [0.2, 0.25) is 0 Å². The summed E-state index contributed by atoms with van der Waals surface area (Å²) in [5.74, 6) is 0. The minimum atomic E-state index is -4.25. The molecule has 1 rings (SSSR count). The molecule has 1 aliphatic rings. The van der Waals surface area contributed by atoms with Gasteiger partial charge in [-0.05, 0) is 6.92 Å². The third kappa shape index (κ3) is 2.05. The highest BCUT2D eigenvalue weighted by molar-refractivity contribution is 9.09. The van der Waals surface area contributed by atoms with E-state index in [2.05, 4.69) is 15.9 Å². The molecule has 80 valence electrons. The molecule has 0 bridgehead atoms. The summed E-state index contributed by atoms with van der Waals surface area (Å²) < 4.78 is 37.2. The van der Waals surface area contributed by atoms with Crippen LogP contribution in [-0.4, -0.2) is 11.0 Å². The Kier molecular flexibility index (Phi) is 2.87. The molecule has 14 heavy (non-hydrogen) atoms. The first kappa shape index (κ1) is 11.8. The lowest BCUT2D eigenvalue weighted by Gasteiger charge is -2.34. The van der Waals surface area contributed by atoms with Crippen LogP contribution in [0.5, 0.6) is 0 Å². The Morgan fingerprint density at radius 3 is 2.21 bits per heavy atom. The van der Waals surface area contributed by atoms with Crippen molar-refractivity contribution in [2.45, 2.75) is 31.8 Å². The highest BCUT2D eigenvalue weighted by Gasteiger charge is 2.39. The standard InChI is InChI=1S/C10H12BrF3/c1-6-4-7(10(12,13)14)5-8(11)9(6,2)3/h4-5,8H,1-3H3. The van der Waals surface area contributed by atoms with Gasteiger partial charge in [-0.1, -0.05) is 47.5 Å². The first-order valence-electron chi connectivity index (χ1n) is 4.27. The van der Waals surface area contributed by atoms with Crippen LogP contribution >= 0.6 is 15.9 Å². The van der Waals surface area contributed by atoms with Crippen molar-refractivity contribution in [3.8, 4) is 0 Å². The molecule has 0 heterocycles. The number of hydrogen-bond donors (Lipinski definition) is 0. The maximum absolute atomic E-state index is 12.4. The second-order valence-electron chi connectivity index (χ2n) is 4.07. The van der Waals surface area contributed by atoms with Gasteiger partial charge in [-0.25, -0.2) is 0 Å². The maximum atomic E-state index is 12.4. The largest absolute Gasteiger partial charge is 0.416 e. The SMILES string of the molecule is CC1=CC(C(F)(F)F)=CC(Br)C1(C)C. The fourth-order valence-electron chi connectivity index (χ4n) is 1.23. The average molecular weight is 269 g/mol. The van der Waals surface area contributed by atoms with Gasteiger partial charge in [0, 0.05) is 10.2 Å². The smallest absolute Gasteiger partial charge is 0.166 e. The van der Waals surface area contributed by atoms with Crippen LogP contribution in [0.15, 0.2) is 23.3 Å². The Morgan fingerprint density at radius 1 is 1.36 bits per heavy atom. The Labute approximate surface area is 90.0 Å². The molecule has 0 radical (unpaired) electrons. The van der Waals surface area contributed by atoms with E-state index in [0.29, 0.717) is 0 Å². The monoisotopic (exact) mass is 268 g/mol. The van der Waals surface area contributed by atoms with Crippen LogP contribution in [0.1, 0.15) is 20.8 Å². The van der Waals surface area contributed by atoms with Gasteiger partial charge in [0.1, 0.15) is 0 Å². The second-order valence-corrected chi connectivity index (χ2v) is 5.06. The highest BCUT2D eigenvalue weighted by Crippen LogP contribution is 2.43. The van der Waals surface area contributed by atoms with E-state index >= 15 is 0 Å². The van der Waals surface area contributed by atoms with Crippen LogP contribution in [0.3, 0.4) is 0 Å². The lowest BCUT2D eigenvalue weighted by atomic mass is 9.77. The van der Waals surface area contributed by atoms with Gasteiger partial charge in [0.05, 0.1) is 5.57 Å². The Balaban J connectivity index is 3.09. The molecule has 0 aliphatic heterocycles. The number of rotatable bonds is 0. The minimum absolute atomic E-state index is 0.255. The van der Waals surface area contributed by atoms with Crippen molar-refractivity contribution in [1.82, 2.24) is 0 Å². The topological polar surface area (TPSA) is 0 Å². The first-order chi connectivity index (χ1) is 6.15. The molecule has 0 aromatic rings. The molecule has 0 amide bonds. The van der Waals surface area contributed by atoms with E-state index < -0.39 is 11.7 Å². The average Bonchev–Trinajstić information content (AvgIpc) is 1.98. The molecule has 1 unspecified atom stereocenters. The van der Waals surface area contributed by atoms with E-state index in [1.54, 1.807) is 6.92 Å². The maximum Gasteiger partial charge on any atom is 0.416 e. The second kappa shape index (κ2) is 3.40. The molecule has 1 atom stereocenters. The normalized spacial score (nSPS) is 26.9. The highest BCUT2D eigenvalue weighted by atomic mass is 79.9. The van der Waals surface area contributed by atoms with E-state index in [0.717, 1.165) is 5.57 Å². The summed E-state index contributed by atoms with van der Waals surface area (Å²) in [4.78, 5) is -0.267. The van der Waals surface area contributed by atoms with Crippen LogP contribution < -0.4 is 0 Å². The fourth-order valence-corrected chi connectivity index (χ4v) is 1.87. The molecule has 0 N–H and O–H groups in total. The van der Waals surface area contributed by atoms with E-state index in [1.807, 2.05) is 13.8 Å². The van der Waals surface area contributed by atoms with Crippen molar-refractivity contribution in [2.75, 3.05) is 0 Å². The molecule has 0 aromatic carbocycles. The molecular formula is C10H12BrF3. The van der Waals surface area contributed by atoms with Crippen molar-refractivity contribution in [1.29, 1.82) is 0 Å². The summed E-state index contributed by atoms with van der Waals surface area (Å²) in [6.45, 7) is 5.57. The summed E-state index contributed by atoms with van der Waals surface area (Å²) in [5.41, 5.74) is -0.0697. The van der Waals surface area contributed by atoms with Crippen molar-refractivity contribution in [3.05, 3.63) is 23.3 Å². The summed E-state index contributed by atoms with van der Waals surface area (Å²) in [6, 6.07) is 0. The number of allylic oxidation sites excluding steroid dienone is 4. The molecule has 0 saturated carbocycles. The lowest BCUT2D eigenvalue weighted by molar-refractivity contribution is -0.0889. The quantitative estimate of drug-likeness (QED) is 0.577. The van der Waals surface area contributed by atoms with E-state index in [-0.39, 0.29) is 10.2 Å². The predicted octanol–water partition coefficient (Wildman–Crippen LogP) is 4.22. The van der Waals surface area contributed by atoms with E-state index in [4.69, 9.17) is 0 Å². The van der Waals surface area contributed by atoms with Crippen LogP contribution in [0, 0.1) is 5.41 Å². The fraction of sp³-hybridized carbons (Fsp3) is 0.600. The van der Waals surface area contributed by atoms with Crippen molar-refractivity contribution in [3.63, 3.8) is 0 Å². The first-order valence-corrected chi connectivity index (χ1v) is 5.19. The summed E-state index contributed by atoms with van der Waals surface area (Å²) in [6.07, 6.45) is -1.80. The number of halogens is 4. The third-order valence-electron chi connectivity index (χ3n) is 2.73. The number of hydrogen-bond acceptors (Lipinski definition) is 0. The number of alkyl halides is 4. The van der Waals surface area contributed by atoms with Crippen molar-refractivity contribution < 1.29 is 13.2 Å². The van der Waals surface area contributed by atoms with Crippen molar-refractivity contribution in [2.24, 2.45) is 5.41 Å². The third-order valence-corrected chi connectivity index (χ3v) is 4.14. The van der Waals surface area contributed by atoms with Gasteiger partial charge in [0.2, 0.25) is 0 Å². The van der Waals surface area contributed by atoms with Gasteiger partial charge in [-0.3, -0.25) is 0 Å². The molecule has 1 aliphatic carbocycles. The Morgan fingerprint density at radius 2 is 1.86 bits per heavy atom. The lowest BCUT2D eigenvalue weighted by Crippen LogP contribution is -2.29. The Hall–Kier alpha value is -0.250. The molecule has 0 spiro atoms.